The molecule has 2 N–H and O–H groups in total. The summed E-state index contributed by atoms with van der Waals surface area (Å²) in [6.45, 7) is 5.70. The number of hydrogen-bond donors (Lipinski definition) is 2. The first-order valence-electron chi connectivity index (χ1n) is 5.50. The summed E-state index contributed by atoms with van der Waals surface area (Å²) in [7, 11) is 0. The van der Waals surface area contributed by atoms with Crippen LogP contribution in [-0.2, 0) is 4.79 Å². The molecule has 4 nitrogen and oxygen atoms in total. The number of nitrogens with one attached hydrogen (secondary N) is 2. The van der Waals surface area contributed by atoms with E-state index >= 15 is 0 Å². The van der Waals surface area contributed by atoms with E-state index in [1.807, 2.05) is 0 Å². The smallest absolute Gasteiger partial charge is 0.234 e. The van der Waals surface area contributed by atoms with E-state index in [0.717, 1.165) is 19.6 Å². The molecule has 2 fully saturated rings. The van der Waals surface area contributed by atoms with E-state index in [-0.39, 0.29) is 5.91 Å². The highest BCUT2D eigenvalue weighted by Crippen LogP contribution is 2.10. The van der Waals surface area contributed by atoms with Crippen molar-refractivity contribution in [2.45, 2.75) is 31.8 Å². The van der Waals surface area contributed by atoms with Crippen LogP contribution in [0, 0.1) is 0 Å². The first-order valence-corrected chi connectivity index (χ1v) is 5.50. The van der Waals surface area contributed by atoms with E-state index in [1.54, 1.807) is 0 Å². The summed E-state index contributed by atoms with van der Waals surface area (Å²) in [4.78, 5) is 13.5. The third-order valence-electron chi connectivity index (χ3n) is 3.18. The minimum atomic E-state index is 0.168. The van der Waals surface area contributed by atoms with E-state index < -0.39 is 0 Å². The van der Waals surface area contributed by atoms with Crippen LogP contribution in [0.25, 0.3) is 0 Å². The fraction of sp³-hybridized carbons (Fsp3) is 0.900. The molecule has 2 rings (SSSR count). The fourth-order valence-electron chi connectivity index (χ4n) is 2.23. The Morgan fingerprint density at radius 1 is 1.57 bits per heavy atom. The number of carbonyl (C=O) groups excluding carboxylic acids is 1. The van der Waals surface area contributed by atoms with Gasteiger partial charge in [0.15, 0.2) is 0 Å². The fourth-order valence-corrected chi connectivity index (χ4v) is 2.23. The molecule has 0 aromatic carbocycles. The summed E-state index contributed by atoms with van der Waals surface area (Å²) in [5, 5.41) is 6.35. The van der Waals surface area contributed by atoms with E-state index in [1.165, 1.54) is 12.8 Å². The van der Waals surface area contributed by atoms with Gasteiger partial charge in [0.1, 0.15) is 0 Å². The van der Waals surface area contributed by atoms with E-state index in [9.17, 15) is 4.79 Å². The molecule has 0 radical (unpaired) electrons. The summed E-state index contributed by atoms with van der Waals surface area (Å²) < 4.78 is 0. The Bertz CT molecular complexity index is 213. The highest BCUT2D eigenvalue weighted by Gasteiger charge is 2.26. The zero-order valence-corrected chi connectivity index (χ0v) is 8.75. The molecule has 80 valence electrons. The van der Waals surface area contributed by atoms with Crippen molar-refractivity contribution in [1.82, 2.24) is 15.5 Å². The standard InChI is InChI=1S/C10H19N3O/c1-8-5-12-10(14)7-13(8)6-9-3-2-4-11-9/h8-9,11H,2-7H2,1H3,(H,12,14). The monoisotopic (exact) mass is 197 g/mol. The van der Waals surface area contributed by atoms with E-state index in [2.05, 4.69) is 22.5 Å². The van der Waals surface area contributed by atoms with Gasteiger partial charge in [-0.3, -0.25) is 9.69 Å². The molecule has 0 bridgehead atoms. The Kier molecular flexibility index (Phi) is 3.03. The van der Waals surface area contributed by atoms with Crippen molar-refractivity contribution < 1.29 is 4.79 Å². The maximum Gasteiger partial charge on any atom is 0.234 e. The van der Waals surface area contributed by atoms with Crippen LogP contribution < -0.4 is 10.6 Å². The number of nitrogens with zero attached hydrogens (tertiary/aromatic N) is 1. The molecule has 2 unspecified atom stereocenters. The van der Waals surface area contributed by atoms with Crippen LogP contribution in [0.4, 0.5) is 0 Å². The molecule has 0 aromatic rings. The second-order valence-electron chi connectivity index (χ2n) is 4.38. The van der Waals surface area contributed by atoms with Crippen molar-refractivity contribution in [2.75, 3.05) is 26.2 Å². The zero-order valence-electron chi connectivity index (χ0n) is 8.75. The quantitative estimate of drug-likeness (QED) is 0.631. The van der Waals surface area contributed by atoms with Crippen molar-refractivity contribution in [3.05, 3.63) is 0 Å². The van der Waals surface area contributed by atoms with Crippen molar-refractivity contribution in [3.8, 4) is 0 Å². The number of piperazine rings is 1. The lowest BCUT2D eigenvalue weighted by atomic mass is 10.1. The molecule has 0 saturated carbocycles. The average Bonchev–Trinajstić information content (AvgIpc) is 2.64. The molecule has 0 spiro atoms. The van der Waals surface area contributed by atoms with Gasteiger partial charge in [-0.1, -0.05) is 0 Å². The van der Waals surface area contributed by atoms with E-state index in [0.29, 0.717) is 18.6 Å². The summed E-state index contributed by atoms with van der Waals surface area (Å²) in [5.41, 5.74) is 0. The van der Waals surface area contributed by atoms with Crippen LogP contribution in [0.15, 0.2) is 0 Å². The van der Waals surface area contributed by atoms with Gasteiger partial charge in [0.2, 0.25) is 5.91 Å². The van der Waals surface area contributed by atoms with Gasteiger partial charge in [-0.2, -0.15) is 0 Å². The van der Waals surface area contributed by atoms with Gasteiger partial charge in [0.05, 0.1) is 6.54 Å². The molecule has 0 aromatic heterocycles. The third kappa shape index (κ3) is 2.25. The summed E-state index contributed by atoms with van der Waals surface area (Å²) >= 11 is 0. The summed E-state index contributed by atoms with van der Waals surface area (Å²) in [6, 6.07) is 1.08. The van der Waals surface area contributed by atoms with Gasteiger partial charge in [0.25, 0.3) is 0 Å². The molecule has 2 saturated heterocycles. The van der Waals surface area contributed by atoms with Crippen LogP contribution in [0.2, 0.25) is 0 Å². The second-order valence-corrected chi connectivity index (χ2v) is 4.38. The molecular weight excluding hydrogens is 178 g/mol. The number of carbonyl (C=O) groups is 1. The lowest BCUT2D eigenvalue weighted by Gasteiger charge is -2.34. The molecule has 2 aliphatic rings. The Balaban J connectivity index is 1.84. The molecule has 2 atom stereocenters. The lowest BCUT2D eigenvalue weighted by molar-refractivity contribution is -0.125. The molecule has 0 aliphatic carbocycles. The maximum atomic E-state index is 11.2. The van der Waals surface area contributed by atoms with Gasteiger partial charge < -0.3 is 10.6 Å². The van der Waals surface area contributed by atoms with Crippen LogP contribution in [0.1, 0.15) is 19.8 Å². The van der Waals surface area contributed by atoms with Crippen molar-refractivity contribution in [3.63, 3.8) is 0 Å². The molecule has 14 heavy (non-hydrogen) atoms. The predicted molar refractivity (Wildman–Crippen MR) is 55.1 cm³/mol. The third-order valence-corrected chi connectivity index (χ3v) is 3.18. The molecule has 2 aliphatic heterocycles. The van der Waals surface area contributed by atoms with Crippen LogP contribution in [0.5, 0.6) is 0 Å². The Hall–Kier alpha value is -0.610. The van der Waals surface area contributed by atoms with Crippen molar-refractivity contribution in [2.24, 2.45) is 0 Å². The van der Waals surface area contributed by atoms with Gasteiger partial charge in [-0.05, 0) is 26.3 Å². The highest BCUT2D eigenvalue weighted by atomic mass is 16.2. The summed E-state index contributed by atoms with van der Waals surface area (Å²) in [6.07, 6.45) is 2.53. The number of amides is 1. The van der Waals surface area contributed by atoms with Crippen LogP contribution in [-0.4, -0.2) is 49.1 Å². The Labute approximate surface area is 85.0 Å². The predicted octanol–water partition coefficient (Wildman–Crippen LogP) is -0.441. The Morgan fingerprint density at radius 3 is 3.14 bits per heavy atom. The topological polar surface area (TPSA) is 44.4 Å². The van der Waals surface area contributed by atoms with Crippen LogP contribution >= 0.6 is 0 Å². The first-order chi connectivity index (χ1) is 6.75. The molecule has 4 heteroatoms. The average molecular weight is 197 g/mol. The normalized spacial score (nSPS) is 34.5. The van der Waals surface area contributed by atoms with Crippen molar-refractivity contribution >= 4 is 5.91 Å². The molecular formula is C10H19N3O. The largest absolute Gasteiger partial charge is 0.353 e. The van der Waals surface area contributed by atoms with Gasteiger partial charge in [-0.15, -0.1) is 0 Å². The maximum absolute atomic E-state index is 11.2. The number of hydrogen-bond acceptors (Lipinski definition) is 3. The van der Waals surface area contributed by atoms with Gasteiger partial charge >= 0.3 is 0 Å². The van der Waals surface area contributed by atoms with Crippen LogP contribution in [0.3, 0.4) is 0 Å². The number of rotatable bonds is 2. The lowest BCUT2D eigenvalue weighted by Crippen LogP contribution is -2.55. The highest BCUT2D eigenvalue weighted by molar-refractivity contribution is 5.78. The van der Waals surface area contributed by atoms with Gasteiger partial charge in [-0.25, -0.2) is 0 Å². The Morgan fingerprint density at radius 2 is 2.43 bits per heavy atom. The second kappa shape index (κ2) is 4.28. The SMILES string of the molecule is CC1CNC(=O)CN1CC1CCCN1. The van der Waals surface area contributed by atoms with Crippen molar-refractivity contribution in [1.29, 1.82) is 0 Å². The molecule has 2 heterocycles. The molecule has 1 amide bonds. The zero-order chi connectivity index (χ0) is 9.97. The van der Waals surface area contributed by atoms with E-state index in [4.69, 9.17) is 0 Å². The minimum Gasteiger partial charge on any atom is -0.353 e. The summed E-state index contributed by atoms with van der Waals surface area (Å²) in [5.74, 6) is 0.168. The van der Waals surface area contributed by atoms with Gasteiger partial charge in [0, 0.05) is 25.2 Å². The first kappa shape index (κ1) is 9.93. The minimum absolute atomic E-state index is 0.168.